The van der Waals surface area contributed by atoms with E-state index in [1.54, 1.807) is 26.3 Å². The predicted octanol–water partition coefficient (Wildman–Crippen LogP) is 8.91. The Bertz CT molecular complexity index is 3220. The molecule has 16 nitrogen and oxygen atoms in total. The minimum absolute atomic E-state index is 0.0232. The molecular formula is C54H53F7N8O8S2. The Morgan fingerprint density at radius 3 is 2.29 bits per heavy atom. The van der Waals surface area contributed by atoms with Crippen molar-refractivity contribution in [1.29, 1.82) is 5.26 Å². The highest BCUT2D eigenvalue weighted by molar-refractivity contribution is 7.81. The Hall–Kier alpha value is -7.56. The number of esters is 1. The number of thiazole rings is 1. The molecule has 4 heterocycles. The first kappa shape index (κ1) is 59.1. The molecule has 2 N–H and O–H groups in total. The third kappa shape index (κ3) is 13.1. The van der Waals surface area contributed by atoms with E-state index in [0.29, 0.717) is 11.0 Å². The van der Waals surface area contributed by atoms with Gasteiger partial charge in [0, 0.05) is 37.9 Å². The number of pyridine rings is 1. The highest BCUT2D eigenvalue weighted by atomic mass is 32.1. The molecule has 0 aliphatic carbocycles. The molecule has 0 bridgehead atoms. The van der Waals surface area contributed by atoms with Gasteiger partial charge in [-0.1, -0.05) is 45.0 Å². The molecule has 0 saturated carbocycles. The van der Waals surface area contributed by atoms with Gasteiger partial charge in [0.25, 0.3) is 5.91 Å². The van der Waals surface area contributed by atoms with E-state index in [0.717, 1.165) is 57.1 Å². The summed E-state index contributed by atoms with van der Waals surface area (Å²) in [7, 11) is 0. The summed E-state index contributed by atoms with van der Waals surface area (Å²) in [5, 5.41) is 14.2. The Labute approximate surface area is 458 Å². The van der Waals surface area contributed by atoms with Crippen LogP contribution in [0.15, 0.2) is 72.4 Å². The Morgan fingerprint density at radius 2 is 1.68 bits per heavy atom. The summed E-state index contributed by atoms with van der Waals surface area (Å²) in [5.74, 6) is -7.77. The summed E-state index contributed by atoms with van der Waals surface area (Å²) in [4.78, 5) is 78.9. The number of benzene rings is 3. The van der Waals surface area contributed by atoms with Crippen molar-refractivity contribution in [2.75, 3.05) is 36.2 Å². The molecule has 2 aromatic heterocycles. The van der Waals surface area contributed by atoms with Crippen LogP contribution in [0.25, 0.3) is 21.7 Å². The van der Waals surface area contributed by atoms with Crippen LogP contribution in [0.3, 0.4) is 0 Å². The standard InChI is InChI=1S/C54H53F7N8O8S2/c1-28-46(79-27-65-28)31-10-8-30(9-11-31)22-64-48(72)40-20-36(77-29(2)70)24-67(40)49(73)47(52(3,4)5)66-42(71)26-75-17-16-34(55)25-76-41-15-13-32(18-37(41)56)45-38(57)19-35(23-63-45)69-51(78)68(50(74)53(69,6)7)39-14-12-33(21-62)43(44(39)58)54(59,60)61/h8-15,18-19,23,27,34,36,40,47H,16-17,20,22,24-26H2,1-7H3,(H,64,72)(H,66,71)/t34?,36-,40+,47-/m1/s1. The lowest BCUT2D eigenvalue weighted by Crippen LogP contribution is -2.58. The summed E-state index contributed by atoms with van der Waals surface area (Å²) in [6, 6.07) is 12.3. The molecule has 418 valence electrons. The van der Waals surface area contributed by atoms with Crippen LogP contribution < -0.4 is 25.2 Å². The average molecular weight is 1140 g/mol. The van der Waals surface area contributed by atoms with E-state index in [1.165, 1.54) is 49.1 Å². The van der Waals surface area contributed by atoms with Crippen molar-refractivity contribution in [1.82, 2.24) is 25.5 Å². The van der Waals surface area contributed by atoms with Gasteiger partial charge in [-0.15, -0.1) is 11.3 Å². The molecular weight excluding hydrogens is 1090 g/mol. The summed E-state index contributed by atoms with van der Waals surface area (Å²) >= 11 is 6.93. The van der Waals surface area contributed by atoms with Gasteiger partial charge in [-0.25, -0.2) is 22.5 Å². The maximum Gasteiger partial charge on any atom is 0.420 e. The fourth-order valence-corrected chi connectivity index (χ4v) is 10.3. The second-order valence-corrected chi connectivity index (χ2v) is 21.4. The molecule has 25 heteroatoms. The van der Waals surface area contributed by atoms with Gasteiger partial charge in [-0.2, -0.15) is 18.4 Å². The van der Waals surface area contributed by atoms with E-state index in [4.69, 9.17) is 26.4 Å². The maximum atomic E-state index is 15.8. The lowest BCUT2D eigenvalue weighted by atomic mass is 9.85. The number of rotatable bonds is 18. The predicted molar refractivity (Wildman–Crippen MR) is 279 cm³/mol. The summed E-state index contributed by atoms with van der Waals surface area (Å²) in [6.07, 6.45) is -7.03. The van der Waals surface area contributed by atoms with Gasteiger partial charge in [0.2, 0.25) is 17.7 Å². The molecule has 2 aliphatic rings. The molecule has 4 amide bonds. The molecule has 79 heavy (non-hydrogen) atoms. The van der Waals surface area contributed by atoms with Gasteiger partial charge < -0.3 is 34.6 Å². The van der Waals surface area contributed by atoms with Crippen molar-refractivity contribution >= 4 is 69.6 Å². The number of thiocarbonyl (C=S) groups is 1. The minimum atomic E-state index is -5.30. The van der Waals surface area contributed by atoms with Gasteiger partial charge in [-0.3, -0.25) is 33.9 Å². The summed E-state index contributed by atoms with van der Waals surface area (Å²) in [5.41, 5.74) is -2.61. The topological polar surface area (TPSA) is 196 Å². The highest BCUT2D eigenvalue weighted by Gasteiger charge is 2.52. The zero-order chi connectivity index (χ0) is 57.9. The number of amides is 4. The van der Waals surface area contributed by atoms with Crippen molar-refractivity contribution in [2.24, 2.45) is 5.41 Å². The molecule has 2 fully saturated rings. The van der Waals surface area contributed by atoms with E-state index >= 15 is 17.6 Å². The van der Waals surface area contributed by atoms with Crippen molar-refractivity contribution in [2.45, 2.75) is 104 Å². The van der Waals surface area contributed by atoms with E-state index < -0.39 is 129 Å². The number of nitrogens with one attached hydrogen (secondary N) is 2. The number of hydrogen-bond acceptors (Lipinski definition) is 13. The number of likely N-dealkylation sites (tertiary alicyclic amines) is 1. The number of aryl methyl sites for hydroxylation is 1. The van der Waals surface area contributed by atoms with Crippen molar-refractivity contribution in [3.63, 3.8) is 0 Å². The summed E-state index contributed by atoms with van der Waals surface area (Å²) < 4.78 is 119. The van der Waals surface area contributed by atoms with Crippen LogP contribution in [0, 0.1) is 41.1 Å². The van der Waals surface area contributed by atoms with Gasteiger partial charge in [0.15, 0.2) is 28.3 Å². The van der Waals surface area contributed by atoms with E-state index in [9.17, 15) is 42.4 Å². The molecule has 4 atom stereocenters. The van der Waals surface area contributed by atoms with Crippen LogP contribution in [0.5, 0.6) is 5.75 Å². The smallest absolute Gasteiger partial charge is 0.420 e. The van der Waals surface area contributed by atoms with Gasteiger partial charge in [-0.05, 0) is 79.9 Å². The van der Waals surface area contributed by atoms with Crippen molar-refractivity contribution < 1.29 is 68.9 Å². The zero-order valence-electron chi connectivity index (χ0n) is 43.6. The molecule has 0 radical (unpaired) electrons. The molecule has 5 aromatic rings. The van der Waals surface area contributed by atoms with Crippen LogP contribution in [0.1, 0.15) is 76.8 Å². The number of carbonyl (C=O) groups excluding carboxylic acids is 5. The van der Waals surface area contributed by atoms with Crippen LogP contribution in [0.2, 0.25) is 0 Å². The molecule has 0 spiro atoms. The normalized spacial score (nSPS) is 17.1. The fraction of sp³-hybridized carbons (Fsp3) is 0.389. The number of nitriles is 1. The number of ether oxygens (including phenoxy) is 3. The third-order valence-corrected chi connectivity index (χ3v) is 14.3. The van der Waals surface area contributed by atoms with Crippen LogP contribution >= 0.6 is 23.6 Å². The number of alkyl halides is 4. The quantitative estimate of drug-likeness (QED) is 0.0366. The number of aromatic nitrogens is 2. The van der Waals surface area contributed by atoms with Gasteiger partial charge in [0.1, 0.15) is 54.4 Å². The second kappa shape index (κ2) is 23.8. The SMILES string of the molecule is CC(=O)O[C@@H]1C[C@@H](C(=O)NCc2ccc(-c3scnc3C)cc2)N(C(=O)[C@@H](NC(=O)COCCC(F)COc2ccc(-c3ncc(N4C(=S)N(c5ccc(C#N)c(C(F)(F)F)c5F)C(=O)C4(C)C)cc3F)cc2F)C(C)(C)C)C1. The Balaban J connectivity index is 0.906. The van der Waals surface area contributed by atoms with Crippen molar-refractivity contribution in [3.05, 3.63) is 112 Å². The lowest BCUT2D eigenvalue weighted by Gasteiger charge is -2.35. The zero-order valence-corrected chi connectivity index (χ0v) is 45.2. The van der Waals surface area contributed by atoms with E-state index in [-0.39, 0.29) is 49.5 Å². The monoisotopic (exact) mass is 1140 g/mol. The minimum Gasteiger partial charge on any atom is -0.487 e. The Kier molecular flexibility index (Phi) is 17.8. The third-order valence-electron chi connectivity index (χ3n) is 13.0. The number of carbonyl (C=O) groups is 5. The van der Waals surface area contributed by atoms with Crippen LogP contribution in [0.4, 0.5) is 42.1 Å². The Morgan fingerprint density at radius 1 is 0.987 bits per heavy atom. The molecule has 2 aliphatic heterocycles. The van der Waals surface area contributed by atoms with Gasteiger partial charge in [0.05, 0.1) is 58.4 Å². The van der Waals surface area contributed by atoms with Crippen molar-refractivity contribution in [3.8, 4) is 33.5 Å². The van der Waals surface area contributed by atoms with Gasteiger partial charge >= 0.3 is 12.1 Å². The number of nitrogens with zero attached hydrogens (tertiary/aromatic N) is 6. The number of hydrogen-bond donors (Lipinski definition) is 2. The highest BCUT2D eigenvalue weighted by Crippen LogP contribution is 2.43. The maximum absolute atomic E-state index is 15.8. The largest absolute Gasteiger partial charge is 0.487 e. The van der Waals surface area contributed by atoms with E-state index in [1.807, 2.05) is 31.2 Å². The first-order chi connectivity index (χ1) is 37.1. The van der Waals surface area contributed by atoms with Crippen LogP contribution in [-0.4, -0.2) is 106 Å². The molecule has 2 saturated heterocycles. The van der Waals surface area contributed by atoms with E-state index in [2.05, 4.69) is 20.6 Å². The number of halogens is 7. The number of anilines is 2. The van der Waals surface area contributed by atoms with Crippen LogP contribution in [-0.2, 0) is 46.2 Å². The first-order valence-corrected chi connectivity index (χ1v) is 25.7. The molecule has 1 unspecified atom stereocenters. The molecule has 7 rings (SSSR count). The average Bonchev–Trinajstić information content (AvgIpc) is 3.98. The molecule has 3 aromatic carbocycles. The fourth-order valence-electron chi connectivity index (χ4n) is 9.00. The first-order valence-electron chi connectivity index (χ1n) is 24.4. The second-order valence-electron chi connectivity index (χ2n) is 20.2. The lowest BCUT2D eigenvalue weighted by molar-refractivity contribution is -0.147. The summed E-state index contributed by atoms with van der Waals surface area (Å²) in [6.45, 7) is 9.41.